The normalized spacial score (nSPS) is 24.7. The number of nitrogens with one attached hydrogen (secondary N) is 1. The molecule has 1 heterocycles. The minimum atomic E-state index is 0.485. The standard InChI is InChI=1S/C13H28N2O2/c1-4-13-12(5-9-17-13)11-15(2)8-6-14-7-10-16-3/h12-14H,4-11H2,1-3H3. The van der Waals surface area contributed by atoms with E-state index >= 15 is 0 Å². The fourth-order valence-corrected chi connectivity index (χ4v) is 2.41. The Morgan fingerprint density at radius 3 is 2.94 bits per heavy atom. The first kappa shape index (κ1) is 14.9. The molecule has 0 aliphatic carbocycles. The predicted molar refractivity (Wildman–Crippen MR) is 70.4 cm³/mol. The van der Waals surface area contributed by atoms with E-state index in [4.69, 9.17) is 9.47 Å². The summed E-state index contributed by atoms with van der Waals surface area (Å²) in [5.41, 5.74) is 0. The summed E-state index contributed by atoms with van der Waals surface area (Å²) in [6.07, 6.45) is 2.85. The SMILES string of the molecule is CCC1OCCC1CN(C)CCNCCOC. The fraction of sp³-hybridized carbons (Fsp3) is 1.00. The molecule has 17 heavy (non-hydrogen) atoms. The predicted octanol–water partition coefficient (Wildman–Crippen LogP) is 0.969. The molecule has 1 saturated heterocycles. The molecule has 1 fully saturated rings. The van der Waals surface area contributed by atoms with Gasteiger partial charge in [-0.25, -0.2) is 0 Å². The summed E-state index contributed by atoms with van der Waals surface area (Å²) >= 11 is 0. The van der Waals surface area contributed by atoms with Crippen molar-refractivity contribution in [3.8, 4) is 0 Å². The lowest BCUT2D eigenvalue weighted by molar-refractivity contribution is 0.0785. The Hall–Kier alpha value is -0.160. The van der Waals surface area contributed by atoms with Gasteiger partial charge in [-0.05, 0) is 25.8 Å². The maximum Gasteiger partial charge on any atom is 0.0613 e. The van der Waals surface area contributed by atoms with Crippen molar-refractivity contribution in [1.82, 2.24) is 10.2 Å². The van der Waals surface area contributed by atoms with Crippen molar-refractivity contribution in [2.75, 3.05) is 53.6 Å². The lowest BCUT2D eigenvalue weighted by atomic mass is 9.99. The largest absolute Gasteiger partial charge is 0.383 e. The Morgan fingerprint density at radius 2 is 2.24 bits per heavy atom. The molecule has 0 bridgehead atoms. The smallest absolute Gasteiger partial charge is 0.0613 e. The van der Waals surface area contributed by atoms with Gasteiger partial charge in [0.1, 0.15) is 0 Å². The van der Waals surface area contributed by atoms with Crippen LogP contribution < -0.4 is 5.32 Å². The molecule has 102 valence electrons. The third kappa shape index (κ3) is 5.82. The molecule has 0 radical (unpaired) electrons. The van der Waals surface area contributed by atoms with Gasteiger partial charge in [0.15, 0.2) is 0 Å². The van der Waals surface area contributed by atoms with Crippen molar-refractivity contribution >= 4 is 0 Å². The van der Waals surface area contributed by atoms with Gasteiger partial charge in [-0.2, -0.15) is 0 Å². The van der Waals surface area contributed by atoms with E-state index in [2.05, 4.69) is 24.2 Å². The highest BCUT2D eigenvalue weighted by molar-refractivity contribution is 4.77. The first-order chi connectivity index (χ1) is 8.27. The second-order valence-corrected chi connectivity index (χ2v) is 4.87. The van der Waals surface area contributed by atoms with Gasteiger partial charge in [0.05, 0.1) is 12.7 Å². The molecule has 2 atom stereocenters. The van der Waals surface area contributed by atoms with E-state index in [-0.39, 0.29) is 0 Å². The van der Waals surface area contributed by atoms with Crippen molar-refractivity contribution in [3.05, 3.63) is 0 Å². The number of ether oxygens (including phenoxy) is 2. The van der Waals surface area contributed by atoms with Gasteiger partial charge in [0.2, 0.25) is 0 Å². The van der Waals surface area contributed by atoms with E-state index in [1.54, 1.807) is 7.11 Å². The van der Waals surface area contributed by atoms with Crippen LogP contribution in [-0.4, -0.2) is 64.6 Å². The topological polar surface area (TPSA) is 33.7 Å². The number of hydrogen-bond donors (Lipinski definition) is 1. The van der Waals surface area contributed by atoms with Crippen molar-refractivity contribution in [2.45, 2.75) is 25.9 Å². The summed E-state index contributed by atoms with van der Waals surface area (Å²) in [6, 6.07) is 0. The summed E-state index contributed by atoms with van der Waals surface area (Å²) < 4.78 is 10.7. The molecule has 0 saturated carbocycles. The van der Waals surface area contributed by atoms with Gasteiger partial charge < -0.3 is 19.7 Å². The van der Waals surface area contributed by atoms with E-state index < -0.39 is 0 Å². The number of hydrogen-bond acceptors (Lipinski definition) is 4. The summed E-state index contributed by atoms with van der Waals surface area (Å²) in [5.74, 6) is 0.726. The molecule has 4 nitrogen and oxygen atoms in total. The first-order valence-electron chi connectivity index (χ1n) is 6.77. The van der Waals surface area contributed by atoms with Gasteiger partial charge in [-0.3, -0.25) is 0 Å². The van der Waals surface area contributed by atoms with Gasteiger partial charge in [0.25, 0.3) is 0 Å². The fourth-order valence-electron chi connectivity index (χ4n) is 2.41. The molecule has 0 aromatic carbocycles. The van der Waals surface area contributed by atoms with Crippen LogP contribution in [0.3, 0.4) is 0 Å². The zero-order valence-electron chi connectivity index (χ0n) is 11.6. The molecule has 4 heteroatoms. The average Bonchev–Trinajstić information content (AvgIpc) is 2.76. The molecule has 1 aliphatic heterocycles. The number of methoxy groups -OCH3 is 1. The van der Waals surface area contributed by atoms with Gasteiger partial charge >= 0.3 is 0 Å². The molecule has 1 aliphatic rings. The highest BCUT2D eigenvalue weighted by Gasteiger charge is 2.27. The summed E-state index contributed by atoms with van der Waals surface area (Å²) in [5, 5.41) is 3.37. The van der Waals surface area contributed by atoms with Gasteiger partial charge in [-0.1, -0.05) is 6.92 Å². The monoisotopic (exact) mass is 244 g/mol. The van der Waals surface area contributed by atoms with Crippen molar-refractivity contribution in [3.63, 3.8) is 0 Å². The summed E-state index contributed by atoms with van der Waals surface area (Å²) in [4.78, 5) is 2.40. The third-order valence-corrected chi connectivity index (χ3v) is 3.45. The average molecular weight is 244 g/mol. The number of likely N-dealkylation sites (N-methyl/N-ethyl adjacent to an activating group) is 1. The number of nitrogens with zero attached hydrogens (tertiary/aromatic N) is 1. The highest BCUT2D eigenvalue weighted by Crippen LogP contribution is 2.23. The number of rotatable bonds is 9. The Bertz CT molecular complexity index is 190. The Kier molecular flexibility index (Phi) is 7.77. The second kappa shape index (κ2) is 8.86. The van der Waals surface area contributed by atoms with Crippen LogP contribution in [0.5, 0.6) is 0 Å². The second-order valence-electron chi connectivity index (χ2n) is 4.87. The Labute approximate surface area is 106 Å². The molecular formula is C13H28N2O2. The van der Waals surface area contributed by atoms with Crippen molar-refractivity contribution in [2.24, 2.45) is 5.92 Å². The molecule has 0 spiro atoms. The lowest BCUT2D eigenvalue weighted by Gasteiger charge is -2.24. The minimum Gasteiger partial charge on any atom is -0.383 e. The Balaban J connectivity index is 2.05. The van der Waals surface area contributed by atoms with Crippen LogP contribution in [0.1, 0.15) is 19.8 Å². The quantitative estimate of drug-likeness (QED) is 0.613. The van der Waals surface area contributed by atoms with Crippen LogP contribution in [0.15, 0.2) is 0 Å². The molecule has 1 N–H and O–H groups in total. The van der Waals surface area contributed by atoms with Crippen LogP contribution in [-0.2, 0) is 9.47 Å². The first-order valence-corrected chi connectivity index (χ1v) is 6.77. The molecular weight excluding hydrogens is 216 g/mol. The van der Waals surface area contributed by atoms with Crippen LogP contribution in [0.4, 0.5) is 0 Å². The van der Waals surface area contributed by atoms with Crippen molar-refractivity contribution in [1.29, 1.82) is 0 Å². The zero-order valence-corrected chi connectivity index (χ0v) is 11.6. The van der Waals surface area contributed by atoms with E-state index in [1.807, 2.05) is 0 Å². The van der Waals surface area contributed by atoms with Crippen LogP contribution >= 0.6 is 0 Å². The van der Waals surface area contributed by atoms with E-state index in [0.29, 0.717) is 6.10 Å². The molecule has 0 aromatic rings. The van der Waals surface area contributed by atoms with Crippen LogP contribution in [0.25, 0.3) is 0 Å². The van der Waals surface area contributed by atoms with Gasteiger partial charge in [-0.15, -0.1) is 0 Å². The zero-order chi connectivity index (χ0) is 12.5. The molecule has 1 rings (SSSR count). The highest BCUT2D eigenvalue weighted by atomic mass is 16.5. The minimum absolute atomic E-state index is 0.485. The molecule has 2 unspecified atom stereocenters. The molecule has 0 aromatic heterocycles. The maximum atomic E-state index is 5.71. The van der Waals surface area contributed by atoms with Crippen LogP contribution in [0, 0.1) is 5.92 Å². The van der Waals surface area contributed by atoms with E-state index in [9.17, 15) is 0 Å². The van der Waals surface area contributed by atoms with E-state index in [0.717, 1.165) is 51.7 Å². The Morgan fingerprint density at radius 1 is 1.41 bits per heavy atom. The van der Waals surface area contributed by atoms with Crippen molar-refractivity contribution < 1.29 is 9.47 Å². The van der Waals surface area contributed by atoms with Crippen LogP contribution in [0.2, 0.25) is 0 Å². The lowest BCUT2D eigenvalue weighted by Crippen LogP contribution is -2.35. The van der Waals surface area contributed by atoms with E-state index in [1.165, 1.54) is 6.42 Å². The molecule has 0 amide bonds. The summed E-state index contributed by atoms with van der Waals surface area (Å²) in [7, 11) is 3.93. The maximum absolute atomic E-state index is 5.71. The van der Waals surface area contributed by atoms with Gasteiger partial charge in [0, 0.05) is 39.9 Å². The summed E-state index contributed by atoms with van der Waals surface area (Å²) in [6.45, 7) is 8.18. The third-order valence-electron chi connectivity index (χ3n) is 3.45.